The zero-order valence-electron chi connectivity index (χ0n) is 16.8. The molecule has 2 saturated heterocycles. The third-order valence-electron chi connectivity index (χ3n) is 5.99. The predicted octanol–water partition coefficient (Wildman–Crippen LogP) is 2.02. The van der Waals surface area contributed by atoms with Crippen LogP contribution in [0.25, 0.3) is 10.9 Å². The molecular weight excluding hydrogens is 354 g/mol. The minimum Gasteiger partial charge on any atom is -0.480 e. The highest BCUT2D eigenvalue weighted by molar-refractivity contribution is 5.86. The van der Waals surface area contributed by atoms with Crippen LogP contribution in [0.4, 0.5) is 5.69 Å². The van der Waals surface area contributed by atoms with Crippen molar-refractivity contribution in [3.05, 3.63) is 24.5 Å². The Labute approximate surface area is 166 Å². The van der Waals surface area contributed by atoms with E-state index in [-0.39, 0.29) is 5.91 Å². The molecule has 1 amide bonds. The molecule has 150 valence electrons. The van der Waals surface area contributed by atoms with Crippen molar-refractivity contribution in [1.82, 2.24) is 19.8 Å². The third-order valence-corrected chi connectivity index (χ3v) is 5.99. The van der Waals surface area contributed by atoms with Crippen LogP contribution in [-0.4, -0.2) is 78.6 Å². The van der Waals surface area contributed by atoms with E-state index in [4.69, 9.17) is 4.74 Å². The van der Waals surface area contributed by atoms with Crippen LogP contribution in [0.15, 0.2) is 24.5 Å². The van der Waals surface area contributed by atoms with Crippen molar-refractivity contribution >= 4 is 22.5 Å². The number of fused-ring (bicyclic) bond motifs is 1. The molecule has 7 nitrogen and oxygen atoms in total. The fourth-order valence-corrected chi connectivity index (χ4v) is 4.43. The lowest BCUT2D eigenvalue weighted by atomic mass is 9.97. The first-order valence-corrected chi connectivity index (χ1v) is 10.2. The van der Waals surface area contributed by atoms with Crippen molar-refractivity contribution < 1.29 is 9.53 Å². The molecule has 28 heavy (non-hydrogen) atoms. The van der Waals surface area contributed by atoms with Crippen molar-refractivity contribution in [3.8, 4) is 5.88 Å². The number of carbonyl (C=O) groups is 1. The number of piperazine rings is 1. The SMILES string of the molecule is COc1ncnc2ccc(N3CCN(CC4CCCN(C(C)=O)C4)CC3)cc12. The van der Waals surface area contributed by atoms with Crippen molar-refractivity contribution in [3.63, 3.8) is 0 Å². The molecule has 0 bridgehead atoms. The number of piperidine rings is 1. The van der Waals surface area contributed by atoms with Crippen LogP contribution in [0, 0.1) is 5.92 Å². The number of rotatable bonds is 4. The zero-order valence-corrected chi connectivity index (χ0v) is 16.8. The highest BCUT2D eigenvalue weighted by Gasteiger charge is 2.25. The zero-order chi connectivity index (χ0) is 19.5. The highest BCUT2D eigenvalue weighted by Crippen LogP contribution is 2.27. The molecule has 1 aromatic carbocycles. The summed E-state index contributed by atoms with van der Waals surface area (Å²) in [4.78, 5) is 27.2. The van der Waals surface area contributed by atoms with Crippen LogP contribution < -0.4 is 9.64 Å². The first-order valence-electron chi connectivity index (χ1n) is 10.2. The first-order chi connectivity index (χ1) is 13.6. The standard InChI is InChI=1S/C21H29N5O2/c1-16(27)26-7-3-4-17(14-26)13-24-8-10-25(11-9-24)18-5-6-20-19(12-18)21(28-2)23-15-22-20/h5-6,12,15,17H,3-4,7-11,13-14H2,1-2H3. The van der Waals surface area contributed by atoms with Gasteiger partial charge in [0.05, 0.1) is 18.0 Å². The number of carbonyl (C=O) groups excluding carboxylic acids is 1. The topological polar surface area (TPSA) is 61.8 Å². The van der Waals surface area contributed by atoms with E-state index in [0.29, 0.717) is 11.8 Å². The van der Waals surface area contributed by atoms with Crippen molar-refractivity contribution in [2.45, 2.75) is 19.8 Å². The minimum atomic E-state index is 0.213. The van der Waals surface area contributed by atoms with Gasteiger partial charge >= 0.3 is 0 Å². The molecule has 3 heterocycles. The maximum atomic E-state index is 11.7. The number of aromatic nitrogens is 2. The van der Waals surface area contributed by atoms with Crippen molar-refractivity contribution in [2.24, 2.45) is 5.92 Å². The Balaban J connectivity index is 1.36. The van der Waals surface area contributed by atoms with Gasteiger partial charge in [0.1, 0.15) is 6.33 Å². The van der Waals surface area contributed by atoms with Crippen LogP contribution in [0.3, 0.4) is 0 Å². The smallest absolute Gasteiger partial charge is 0.224 e. The van der Waals surface area contributed by atoms with Gasteiger partial charge in [-0.2, -0.15) is 0 Å². The van der Waals surface area contributed by atoms with Gasteiger partial charge in [-0.1, -0.05) is 0 Å². The fourth-order valence-electron chi connectivity index (χ4n) is 4.43. The number of methoxy groups -OCH3 is 1. The monoisotopic (exact) mass is 383 g/mol. The van der Waals surface area contributed by atoms with E-state index in [2.05, 4.69) is 31.9 Å². The second-order valence-corrected chi connectivity index (χ2v) is 7.85. The number of amides is 1. The number of hydrogen-bond acceptors (Lipinski definition) is 6. The Morgan fingerprint density at radius 2 is 2.00 bits per heavy atom. The first kappa shape index (κ1) is 18.9. The second-order valence-electron chi connectivity index (χ2n) is 7.85. The quantitative estimate of drug-likeness (QED) is 0.805. The molecule has 7 heteroatoms. The fraction of sp³-hybridized carbons (Fsp3) is 0.571. The molecular formula is C21H29N5O2. The Hall–Kier alpha value is -2.41. The van der Waals surface area contributed by atoms with E-state index < -0.39 is 0 Å². The molecule has 2 aromatic rings. The summed E-state index contributed by atoms with van der Waals surface area (Å²) in [7, 11) is 1.64. The number of nitrogens with zero attached hydrogens (tertiary/aromatic N) is 5. The number of anilines is 1. The predicted molar refractivity (Wildman–Crippen MR) is 110 cm³/mol. The van der Waals surface area contributed by atoms with Crippen molar-refractivity contribution in [2.75, 3.05) is 57.8 Å². The van der Waals surface area contributed by atoms with Gasteiger partial charge in [0.15, 0.2) is 0 Å². The lowest BCUT2D eigenvalue weighted by Crippen LogP contribution is -2.50. The molecule has 2 aliphatic rings. The normalized spacial score (nSPS) is 21.1. The molecule has 0 saturated carbocycles. The molecule has 0 radical (unpaired) electrons. The Bertz CT molecular complexity index is 835. The van der Waals surface area contributed by atoms with Gasteiger partial charge in [0.2, 0.25) is 11.8 Å². The van der Waals surface area contributed by atoms with Crippen LogP contribution in [0.5, 0.6) is 5.88 Å². The summed E-state index contributed by atoms with van der Waals surface area (Å²) in [5, 5.41) is 0.955. The molecule has 1 atom stereocenters. The number of ether oxygens (including phenoxy) is 1. The minimum absolute atomic E-state index is 0.213. The molecule has 1 unspecified atom stereocenters. The molecule has 1 aromatic heterocycles. The lowest BCUT2D eigenvalue weighted by molar-refractivity contribution is -0.130. The van der Waals surface area contributed by atoms with E-state index in [1.807, 2.05) is 11.0 Å². The van der Waals surface area contributed by atoms with E-state index >= 15 is 0 Å². The molecule has 4 rings (SSSR count). The maximum Gasteiger partial charge on any atom is 0.224 e. The van der Waals surface area contributed by atoms with Gasteiger partial charge in [-0.3, -0.25) is 9.69 Å². The van der Waals surface area contributed by atoms with Crippen LogP contribution in [0.2, 0.25) is 0 Å². The molecule has 0 aliphatic carbocycles. The van der Waals surface area contributed by atoms with E-state index in [0.717, 1.165) is 63.1 Å². The Morgan fingerprint density at radius 1 is 1.18 bits per heavy atom. The maximum absolute atomic E-state index is 11.7. The van der Waals surface area contributed by atoms with E-state index in [1.165, 1.54) is 18.4 Å². The summed E-state index contributed by atoms with van der Waals surface area (Å²) >= 11 is 0. The highest BCUT2D eigenvalue weighted by atomic mass is 16.5. The van der Waals surface area contributed by atoms with Gasteiger partial charge in [0, 0.05) is 58.4 Å². The van der Waals surface area contributed by atoms with Gasteiger partial charge in [-0.05, 0) is 37.0 Å². The van der Waals surface area contributed by atoms with Gasteiger partial charge in [0.25, 0.3) is 0 Å². The summed E-state index contributed by atoms with van der Waals surface area (Å²) < 4.78 is 5.39. The Kier molecular flexibility index (Phi) is 5.62. The molecule has 2 aliphatic heterocycles. The summed E-state index contributed by atoms with van der Waals surface area (Å²) in [6.45, 7) is 8.74. The summed E-state index contributed by atoms with van der Waals surface area (Å²) in [6, 6.07) is 6.31. The number of benzene rings is 1. The summed E-state index contributed by atoms with van der Waals surface area (Å²) in [6.07, 6.45) is 3.90. The lowest BCUT2D eigenvalue weighted by Gasteiger charge is -2.40. The van der Waals surface area contributed by atoms with Gasteiger partial charge in [-0.15, -0.1) is 0 Å². The number of likely N-dealkylation sites (tertiary alicyclic amines) is 1. The Morgan fingerprint density at radius 3 is 2.75 bits per heavy atom. The summed E-state index contributed by atoms with van der Waals surface area (Å²) in [5.41, 5.74) is 2.10. The van der Waals surface area contributed by atoms with Crippen LogP contribution in [-0.2, 0) is 4.79 Å². The van der Waals surface area contributed by atoms with Crippen LogP contribution >= 0.6 is 0 Å². The average Bonchev–Trinajstić information content (AvgIpc) is 2.73. The van der Waals surface area contributed by atoms with E-state index in [9.17, 15) is 4.79 Å². The average molecular weight is 383 g/mol. The van der Waals surface area contributed by atoms with Crippen molar-refractivity contribution in [1.29, 1.82) is 0 Å². The molecule has 0 spiro atoms. The molecule has 0 N–H and O–H groups in total. The van der Waals surface area contributed by atoms with Gasteiger partial charge in [-0.25, -0.2) is 9.97 Å². The van der Waals surface area contributed by atoms with Crippen LogP contribution in [0.1, 0.15) is 19.8 Å². The third kappa shape index (κ3) is 4.04. The number of hydrogen-bond donors (Lipinski definition) is 0. The van der Waals surface area contributed by atoms with E-state index in [1.54, 1.807) is 14.0 Å². The largest absolute Gasteiger partial charge is 0.480 e. The second kappa shape index (κ2) is 8.31. The molecule has 2 fully saturated rings. The van der Waals surface area contributed by atoms with Gasteiger partial charge < -0.3 is 14.5 Å². The summed E-state index contributed by atoms with van der Waals surface area (Å²) in [5.74, 6) is 1.44.